The molecule has 0 heterocycles. The molecule has 0 aromatic rings. The maximum atomic E-state index is 12.7. The van der Waals surface area contributed by atoms with Crippen LogP contribution in [0.4, 0.5) is 0 Å². The summed E-state index contributed by atoms with van der Waals surface area (Å²) in [6.07, 6.45) is 55.1. The van der Waals surface area contributed by atoms with Crippen LogP contribution in [0, 0.1) is 0 Å². The van der Waals surface area contributed by atoms with Crippen molar-refractivity contribution in [3.8, 4) is 0 Å². The van der Waals surface area contributed by atoms with Gasteiger partial charge in [-0.15, -0.1) is 0 Å². The minimum atomic E-state index is -0.782. The number of unbranched alkanes of at least 4 members (excludes halogenated alkanes) is 25. The van der Waals surface area contributed by atoms with E-state index in [0.29, 0.717) is 19.3 Å². The minimum absolute atomic E-state index is 0.0815. The summed E-state index contributed by atoms with van der Waals surface area (Å²) >= 11 is 0. The van der Waals surface area contributed by atoms with E-state index >= 15 is 0 Å². The first-order valence-electron chi connectivity index (χ1n) is 24.6. The second kappa shape index (κ2) is 47.1. The second-order valence-electron chi connectivity index (χ2n) is 16.4. The summed E-state index contributed by atoms with van der Waals surface area (Å²) in [5, 5.41) is 0. The third-order valence-electron chi connectivity index (χ3n) is 10.5. The minimum Gasteiger partial charge on any atom is -0.462 e. The monoisotopic (exact) mass is 813 g/mol. The molecule has 0 spiro atoms. The molecule has 0 rings (SSSR count). The molecule has 0 fully saturated rings. The van der Waals surface area contributed by atoms with E-state index in [2.05, 4.69) is 69.4 Å². The highest BCUT2D eigenvalue weighted by Crippen LogP contribution is 2.15. The van der Waals surface area contributed by atoms with E-state index < -0.39 is 6.10 Å². The van der Waals surface area contributed by atoms with Gasteiger partial charge in [-0.25, -0.2) is 0 Å². The molecule has 6 heteroatoms. The predicted molar refractivity (Wildman–Crippen MR) is 247 cm³/mol. The smallest absolute Gasteiger partial charge is 0.306 e. The Kier molecular flexibility index (Phi) is 44.9. The Morgan fingerprint density at radius 2 is 0.655 bits per heavy atom. The summed E-state index contributed by atoms with van der Waals surface area (Å²) in [4.78, 5) is 37.9. The predicted octanol–water partition coefficient (Wildman–Crippen LogP) is 15.9. The highest BCUT2D eigenvalue weighted by Gasteiger charge is 2.19. The topological polar surface area (TPSA) is 78.9 Å². The Labute approximate surface area is 358 Å². The van der Waals surface area contributed by atoms with Crippen molar-refractivity contribution in [3.05, 3.63) is 48.6 Å². The van der Waals surface area contributed by atoms with Gasteiger partial charge in [-0.3, -0.25) is 14.4 Å². The van der Waals surface area contributed by atoms with Crippen LogP contribution in [0.15, 0.2) is 48.6 Å². The van der Waals surface area contributed by atoms with Crippen LogP contribution >= 0.6 is 0 Å². The zero-order valence-corrected chi connectivity index (χ0v) is 38.3. The molecular weight excluding hydrogens is 721 g/mol. The van der Waals surface area contributed by atoms with Gasteiger partial charge >= 0.3 is 17.9 Å². The summed E-state index contributed by atoms with van der Waals surface area (Å²) in [6, 6.07) is 0. The van der Waals surface area contributed by atoms with Gasteiger partial charge in [-0.05, 0) is 70.6 Å². The Balaban J connectivity index is 4.40. The van der Waals surface area contributed by atoms with Gasteiger partial charge < -0.3 is 14.2 Å². The molecule has 0 aromatic carbocycles. The highest BCUT2D eigenvalue weighted by atomic mass is 16.6. The van der Waals surface area contributed by atoms with Gasteiger partial charge in [0.2, 0.25) is 0 Å². The molecule has 336 valence electrons. The van der Waals surface area contributed by atoms with Crippen molar-refractivity contribution in [1.29, 1.82) is 0 Å². The van der Waals surface area contributed by atoms with Gasteiger partial charge in [0.15, 0.2) is 6.10 Å². The molecule has 0 aliphatic heterocycles. The van der Waals surface area contributed by atoms with Crippen LogP contribution in [-0.4, -0.2) is 37.2 Å². The molecule has 58 heavy (non-hydrogen) atoms. The average Bonchev–Trinajstić information content (AvgIpc) is 3.22. The van der Waals surface area contributed by atoms with Crippen molar-refractivity contribution in [2.24, 2.45) is 0 Å². The number of rotatable bonds is 44. The van der Waals surface area contributed by atoms with Crippen LogP contribution in [0.1, 0.15) is 245 Å². The van der Waals surface area contributed by atoms with E-state index in [4.69, 9.17) is 14.2 Å². The van der Waals surface area contributed by atoms with Crippen molar-refractivity contribution < 1.29 is 28.6 Å². The molecule has 1 atom stereocenters. The SMILES string of the molecule is CCC/C=C\C/C=C\CCCCCCCC(=O)OCC(COC(=O)CCCCCCCCCCCCCCCC)OC(=O)CCCCCCC/C=C\C/C=C\CCC. The Morgan fingerprint density at radius 3 is 1.02 bits per heavy atom. The van der Waals surface area contributed by atoms with Crippen molar-refractivity contribution in [3.63, 3.8) is 0 Å². The van der Waals surface area contributed by atoms with E-state index in [9.17, 15) is 14.4 Å². The van der Waals surface area contributed by atoms with Gasteiger partial charge in [0.05, 0.1) is 0 Å². The van der Waals surface area contributed by atoms with E-state index in [1.807, 2.05) is 0 Å². The van der Waals surface area contributed by atoms with E-state index in [1.54, 1.807) is 0 Å². The molecule has 0 aliphatic rings. The van der Waals surface area contributed by atoms with Crippen LogP contribution in [0.5, 0.6) is 0 Å². The van der Waals surface area contributed by atoms with Crippen molar-refractivity contribution in [1.82, 2.24) is 0 Å². The lowest BCUT2D eigenvalue weighted by Gasteiger charge is -2.18. The molecule has 0 saturated carbocycles. The first kappa shape index (κ1) is 55.4. The number of hydrogen-bond acceptors (Lipinski definition) is 6. The number of esters is 3. The fraction of sp³-hybridized carbons (Fsp3) is 0.788. The fourth-order valence-corrected chi connectivity index (χ4v) is 6.81. The maximum absolute atomic E-state index is 12.7. The number of hydrogen-bond donors (Lipinski definition) is 0. The van der Waals surface area contributed by atoms with Crippen LogP contribution in [0.3, 0.4) is 0 Å². The Hall–Kier alpha value is -2.63. The van der Waals surface area contributed by atoms with Gasteiger partial charge in [0.25, 0.3) is 0 Å². The molecule has 0 radical (unpaired) electrons. The van der Waals surface area contributed by atoms with Crippen LogP contribution in [0.25, 0.3) is 0 Å². The van der Waals surface area contributed by atoms with E-state index in [-0.39, 0.29) is 31.1 Å². The van der Waals surface area contributed by atoms with Crippen molar-refractivity contribution >= 4 is 17.9 Å². The summed E-state index contributed by atoms with van der Waals surface area (Å²) in [6.45, 7) is 6.49. The first-order chi connectivity index (χ1) is 28.5. The lowest BCUT2D eigenvalue weighted by molar-refractivity contribution is -0.167. The van der Waals surface area contributed by atoms with Crippen LogP contribution < -0.4 is 0 Å². The maximum Gasteiger partial charge on any atom is 0.306 e. The third-order valence-corrected chi connectivity index (χ3v) is 10.5. The number of ether oxygens (including phenoxy) is 3. The number of carbonyl (C=O) groups excluding carboxylic acids is 3. The average molecular weight is 813 g/mol. The Morgan fingerprint density at radius 1 is 0.345 bits per heavy atom. The van der Waals surface area contributed by atoms with Crippen LogP contribution in [-0.2, 0) is 28.6 Å². The fourth-order valence-electron chi connectivity index (χ4n) is 6.81. The van der Waals surface area contributed by atoms with Gasteiger partial charge in [0, 0.05) is 19.3 Å². The summed E-state index contributed by atoms with van der Waals surface area (Å²) < 4.78 is 16.7. The lowest BCUT2D eigenvalue weighted by atomic mass is 10.0. The molecule has 0 bridgehead atoms. The van der Waals surface area contributed by atoms with E-state index in [0.717, 1.165) is 116 Å². The Bertz CT molecular complexity index is 1030. The first-order valence-corrected chi connectivity index (χ1v) is 24.6. The zero-order chi connectivity index (χ0) is 42.3. The molecule has 0 N–H and O–H groups in total. The molecule has 6 nitrogen and oxygen atoms in total. The van der Waals surface area contributed by atoms with E-state index in [1.165, 1.54) is 89.9 Å². The zero-order valence-electron chi connectivity index (χ0n) is 38.3. The molecular formula is C52H92O6. The molecule has 0 amide bonds. The van der Waals surface area contributed by atoms with Crippen LogP contribution in [0.2, 0.25) is 0 Å². The summed E-state index contributed by atoms with van der Waals surface area (Å²) in [5.41, 5.74) is 0. The van der Waals surface area contributed by atoms with Crippen molar-refractivity contribution in [2.75, 3.05) is 13.2 Å². The summed E-state index contributed by atoms with van der Waals surface area (Å²) in [5.74, 6) is -0.906. The largest absolute Gasteiger partial charge is 0.462 e. The third kappa shape index (κ3) is 44.5. The quantitative estimate of drug-likeness (QED) is 0.0264. The molecule has 0 aromatic heterocycles. The van der Waals surface area contributed by atoms with Gasteiger partial charge in [-0.2, -0.15) is 0 Å². The summed E-state index contributed by atoms with van der Waals surface area (Å²) in [7, 11) is 0. The normalized spacial score (nSPS) is 12.4. The van der Waals surface area contributed by atoms with Gasteiger partial charge in [-0.1, -0.05) is 204 Å². The standard InChI is InChI=1S/C52H92O6/c1-4-7-10-13-16-19-22-25-28-30-33-36-39-42-45-51(54)57-48-49(58-52(55)46-43-40-37-34-31-27-24-21-18-15-12-9-6-3)47-56-50(53)44-41-38-35-32-29-26-23-20-17-14-11-8-5-2/h11-12,14-15,20-21,23-24,49H,4-10,13,16-19,22,25-48H2,1-3H3/b14-11-,15-12-,23-20-,24-21-. The molecule has 0 saturated heterocycles. The number of allylic oxidation sites excluding steroid dienone is 8. The van der Waals surface area contributed by atoms with Crippen molar-refractivity contribution in [2.45, 2.75) is 252 Å². The lowest BCUT2D eigenvalue weighted by Crippen LogP contribution is -2.30. The number of carbonyl (C=O) groups is 3. The molecule has 1 unspecified atom stereocenters. The highest BCUT2D eigenvalue weighted by molar-refractivity contribution is 5.71. The van der Waals surface area contributed by atoms with Gasteiger partial charge in [0.1, 0.15) is 13.2 Å². The second-order valence-corrected chi connectivity index (χ2v) is 16.4. The molecule has 0 aliphatic carbocycles.